The number of aliphatic carboxylic acids is 1. The number of nitrogens with two attached hydrogens (primary N) is 1. The standard InChI is InChI=1S/C5H14NO.C3H7NO2S.ClH/c1-6(2,3)4-5-7;4-2(1-7)3(5)6;/h7H,4-5H2,1-3H3;2,7H,1,4H2,(H,5,6);1H/q+1;;/t;2-;/m.0./s1. The van der Waals surface area contributed by atoms with E-state index in [2.05, 4.69) is 33.8 Å². The Kier molecular flexibility index (Phi) is 14.3. The fraction of sp³-hybridized carbons (Fsp3) is 0.875. The highest BCUT2D eigenvalue weighted by molar-refractivity contribution is 7.80. The number of aliphatic hydroxyl groups is 1. The SMILES string of the molecule is C[N+](C)(C)CCO.Cl.N[C@@H](CS)C(=O)O. The van der Waals surface area contributed by atoms with Crippen LogP contribution in [0.3, 0.4) is 0 Å². The van der Waals surface area contributed by atoms with Crippen LogP contribution in [0.4, 0.5) is 0 Å². The molecule has 0 saturated heterocycles. The third-order valence-electron chi connectivity index (χ3n) is 1.28. The molecule has 0 unspecified atom stereocenters. The number of carbonyl (C=O) groups is 1. The molecule has 4 N–H and O–H groups in total. The van der Waals surface area contributed by atoms with E-state index >= 15 is 0 Å². The number of aliphatic hydroxyl groups excluding tert-OH is 1. The number of hydrogen-bond acceptors (Lipinski definition) is 4. The second kappa shape index (κ2) is 10.5. The first-order valence-corrected chi connectivity index (χ1v) is 4.88. The van der Waals surface area contributed by atoms with Gasteiger partial charge < -0.3 is 20.4 Å². The second-order valence-corrected chi connectivity index (χ2v) is 4.23. The minimum absolute atomic E-state index is 0. The molecule has 0 aromatic heterocycles. The van der Waals surface area contributed by atoms with Gasteiger partial charge in [0.25, 0.3) is 0 Å². The van der Waals surface area contributed by atoms with E-state index in [1.807, 2.05) is 0 Å². The van der Waals surface area contributed by atoms with Crippen molar-refractivity contribution < 1.29 is 19.5 Å². The third kappa shape index (κ3) is 20.2. The van der Waals surface area contributed by atoms with Crippen molar-refractivity contribution in [2.24, 2.45) is 5.73 Å². The van der Waals surface area contributed by atoms with Gasteiger partial charge in [-0.25, -0.2) is 0 Å². The van der Waals surface area contributed by atoms with Crippen LogP contribution in [0.1, 0.15) is 0 Å². The predicted molar refractivity (Wildman–Crippen MR) is 66.7 cm³/mol. The Morgan fingerprint density at radius 2 is 1.87 bits per heavy atom. The van der Waals surface area contributed by atoms with Gasteiger partial charge in [0.05, 0.1) is 27.7 Å². The van der Waals surface area contributed by atoms with Gasteiger partial charge in [-0.2, -0.15) is 12.6 Å². The minimum atomic E-state index is -1.00. The summed E-state index contributed by atoms with van der Waals surface area (Å²) in [5.74, 6) is -0.815. The summed E-state index contributed by atoms with van der Waals surface area (Å²) < 4.78 is 0.844. The fourth-order valence-corrected chi connectivity index (χ4v) is 0.534. The van der Waals surface area contributed by atoms with Crippen LogP contribution in [0.25, 0.3) is 0 Å². The number of nitrogens with zero attached hydrogens (tertiary/aromatic N) is 1. The minimum Gasteiger partial charge on any atom is -0.480 e. The molecule has 7 heteroatoms. The molecule has 0 radical (unpaired) electrons. The van der Waals surface area contributed by atoms with Gasteiger partial charge in [0.1, 0.15) is 12.6 Å². The topological polar surface area (TPSA) is 83.5 Å². The Morgan fingerprint density at radius 1 is 1.47 bits per heavy atom. The quantitative estimate of drug-likeness (QED) is 0.404. The summed E-state index contributed by atoms with van der Waals surface area (Å²) in [6, 6.07) is -0.816. The molecule has 0 amide bonds. The van der Waals surface area contributed by atoms with Gasteiger partial charge in [0.15, 0.2) is 0 Å². The van der Waals surface area contributed by atoms with Crippen molar-refractivity contribution in [1.82, 2.24) is 0 Å². The zero-order valence-corrected chi connectivity index (χ0v) is 11.1. The van der Waals surface area contributed by atoms with E-state index in [1.54, 1.807) is 0 Å². The van der Waals surface area contributed by atoms with Crippen LogP contribution in [-0.2, 0) is 4.79 Å². The molecular formula is C8H22ClN2O3S+. The molecule has 94 valence electrons. The van der Waals surface area contributed by atoms with Crippen LogP contribution in [0.5, 0.6) is 0 Å². The molecule has 0 aliphatic rings. The summed E-state index contributed by atoms with van der Waals surface area (Å²) in [7, 11) is 6.16. The summed E-state index contributed by atoms with van der Waals surface area (Å²) in [5, 5.41) is 16.4. The van der Waals surface area contributed by atoms with Gasteiger partial charge in [-0.1, -0.05) is 0 Å². The van der Waals surface area contributed by atoms with Crippen LogP contribution in [0.15, 0.2) is 0 Å². The molecule has 0 bridgehead atoms. The molecule has 0 heterocycles. The van der Waals surface area contributed by atoms with E-state index < -0.39 is 12.0 Å². The smallest absolute Gasteiger partial charge is 0.321 e. The molecular weight excluding hydrogens is 240 g/mol. The van der Waals surface area contributed by atoms with Crippen molar-refractivity contribution in [2.75, 3.05) is 40.0 Å². The zero-order valence-electron chi connectivity index (χ0n) is 9.38. The molecule has 0 saturated carbocycles. The van der Waals surface area contributed by atoms with E-state index in [1.165, 1.54) is 0 Å². The van der Waals surface area contributed by atoms with Crippen molar-refractivity contribution in [3.05, 3.63) is 0 Å². The number of likely N-dealkylation sites (N-methyl/N-ethyl adjacent to an activating group) is 1. The summed E-state index contributed by atoms with van der Waals surface area (Å²) >= 11 is 3.65. The van der Waals surface area contributed by atoms with Gasteiger partial charge in [-0.05, 0) is 0 Å². The molecule has 0 spiro atoms. The van der Waals surface area contributed by atoms with Crippen LogP contribution in [-0.4, -0.2) is 66.8 Å². The molecule has 0 aromatic carbocycles. The van der Waals surface area contributed by atoms with Gasteiger partial charge in [-0.3, -0.25) is 4.79 Å². The van der Waals surface area contributed by atoms with Crippen molar-refractivity contribution >= 4 is 31.0 Å². The van der Waals surface area contributed by atoms with Crippen LogP contribution >= 0.6 is 25.0 Å². The predicted octanol–water partition coefficient (Wildman–Crippen LogP) is -0.565. The Hall–Kier alpha value is -0.0100. The molecule has 0 aromatic rings. The van der Waals surface area contributed by atoms with Crippen LogP contribution < -0.4 is 5.73 Å². The average molecular weight is 262 g/mol. The average Bonchev–Trinajstić information content (AvgIpc) is 2.01. The van der Waals surface area contributed by atoms with Crippen molar-refractivity contribution in [3.63, 3.8) is 0 Å². The van der Waals surface area contributed by atoms with E-state index in [0.29, 0.717) is 0 Å². The van der Waals surface area contributed by atoms with Gasteiger partial charge >= 0.3 is 5.97 Å². The molecule has 0 aliphatic heterocycles. The normalized spacial score (nSPS) is 11.9. The highest BCUT2D eigenvalue weighted by atomic mass is 35.5. The highest BCUT2D eigenvalue weighted by Gasteiger charge is 2.06. The van der Waals surface area contributed by atoms with Crippen LogP contribution in [0, 0.1) is 0 Å². The molecule has 15 heavy (non-hydrogen) atoms. The summed E-state index contributed by atoms with van der Waals surface area (Å²) in [6.07, 6.45) is 0. The number of hydrogen-bond donors (Lipinski definition) is 4. The lowest BCUT2D eigenvalue weighted by Crippen LogP contribution is -2.36. The molecule has 0 rings (SSSR count). The van der Waals surface area contributed by atoms with Crippen molar-refractivity contribution in [1.29, 1.82) is 0 Å². The number of rotatable bonds is 4. The molecule has 0 aliphatic carbocycles. The van der Waals surface area contributed by atoms with Gasteiger partial charge in [0, 0.05) is 5.75 Å². The third-order valence-corrected chi connectivity index (χ3v) is 1.68. The Bertz CT molecular complexity index is 164. The van der Waals surface area contributed by atoms with E-state index in [9.17, 15) is 4.79 Å². The van der Waals surface area contributed by atoms with E-state index in [-0.39, 0.29) is 24.8 Å². The first-order valence-electron chi connectivity index (χ1n) is 4.25. The number of carboxylic acid groups (broad SMARTS) is 1. The molecule has 5 nitrogen and oxygen atoms in total. The van der Waals surface area contributed by atoms with Gasteiger partial charge in [0.2, 0.25) is 0 Å². The Balaban J connectivity index is -0.000000180. The Morgan fingerprint density at radius 3 is 1.87 bits per heavy atom. The van der Waals surface area contributed by atoms with Crippen molar-refractivity contribution in [2.45, 2.75) is 6.04 Å². The molecule has 1 atom stereocenters. The first-order chi connectivity index (χ1) is 6.24. The molecule has 0 fully saturated rings. The van der Waals surface area contributed by atoms with Crippen LogP contribution in [0.2, 0.25) is 0 Å². The number of quaternary nitrogens is 1. The maximum absolute atomic E-state index is 9.76. The fourth-order valence-electron chi connectivity index (χ4n) is 0.378. The lowest BCUT2D eigenvalue weighted by atomic mass is 10.4. The van der Waals surface area contributed by atoms with E-state index in [0.717, 1.165) is 11.0 Å². The monoisotopic (exact) mass is 261 g/mol. The van der Waals surface area contributed by atoms with Gasteiger partial charge in [-0.15, -0.1) is 12.4 Å². The number of thiol groups is 1. The number of carboxylic acids is 1. The first kappa shape index (κ1) is 20.4. The maximum Gasteiger partial charge on any atom is 0.321 e. The largest absolute Gasteiger partial charge is 0.480 e. The highest BCUT2D eigenvalue weighted by Crippen LogP contribution is 1.84. The maximum atomic E-state index is 9.76. The summed E-state index contributed by atoms with van der Waals surface area (Å²) in [4.78, 5) is 9.76. The second-order valence-electron chi connectivity index (χ2n) is 3.86. The number of halogens is 1. The summed E-state index contributed by atoms with van der Waals surface area (Å²) in [5.41, 5.74) is 4.94. The van der Waals surface area contributed by atoms with Crippen molar-refractivity contribution in [3.8, 4) is 0 Å². The zero-order chi connectivity index (χ0) is 11.8. The Labute approximate surface area is 103 Å². The lowest BCUT2D eigenvalue weighted by molar-refractivity contribution is -0.870. The van der Waals surface area contributed by atoms with E-state index in [4.69, 9.17) is 15.9 Å². The summed E-state index contributed by atoms with van der Waals surface area (Å²) in [6.45, 7) is 1.11. The lowest BCUT2D eigenvalue weighted by Gasteiger charge is -2.21.